The highest BCUT2D eigenvalue weighted by Crippen LogP contribution is 2.38. The number of hydrogen-bond acceptors (Lipinski definition) is 11. The van der Waals surface area contributed by atoms with Gasteiger partial charge in [-0.2, -0.15) is 0 Å². The summed E-state index contributed by atoms with van der Waals surface area (Å²) in [5.41, 5.74) is 0.509. The minimum atomic E-state index is -1.95. The molecule has 3 fully saturated rings. The molecular formula is C36H55N5O10. The number of hydrogen-bond donors (Lipinski definition) is 7. The molecule has 0 saturated carbocycles. The number of nitrogens with one attached hydrogen (secondary N) is 3. The highest BCUT2D eigenvalue weighted by Gasteiger charge is 2.55. The number of benzene rings is 1. The quantitative estimate of drug-likeness (QED) is 0.162. The van der Waals surface area contributed by atoms with Crippen LogP contribution in [-0.4, -0.2) is 153 Å². The average Bonchev–Trinajstić information content (AvgIpc) is 3.65. The molecule has 3 saturated heterocycles. The first-order valence-corrected chi connectivity index (χ1v) is 17.7. The van der Waals surface area contributed by atoms with Crippen molar-refractivity contribution in [3.8, 4) is 0 Å². The zero-order chi connectivity index (χ0) is 37.3. The number of carbonyl (C=O) groups excluding carboxylic acids is 2. The van der Waals surface area contributed by atoms with Crippen LogP contribution < -0.4 is 10.6 Å². The SMILES string of the molecule is CC(=O)N[C@H]1[C@H]([C@H](O)[C@H](O)CNC(=O)c2cc(C)c3[nH]cc(C)c3c2)O[C@@](CCN2CCOC[C@@]23CCN(COC(C)(C)C)C3)(C(=O)O)C[C@@H]1O. The van der Waals surface area contributed by atoms with Crippen molar-refractivity contribution in [2.45, 2.75) is 108 Å². The van der Waals surface area contributed by atoms with Crippen LogP contribution in [0.5, 0.6) is 0 Å². The normalized spacial score (nSPS) is 28.9. The number of aromatic amines is 1. The van der Waals surface area contributed by atoms with Crippen LogP contribution in [0, 0.1) is 13.8 Å². The Hall–Kier alpha value is -3.15. The van der Waals surface area contributed by atoms with E-state index in [2.05, 4.69) is 25.4 Å². The van der Waals surface area contributed by atoms with E-state index in [4.69, 9.17) is 14.2 Å². The molecule has 0 radical (unpaired) electrons. The molecule has 0 unspecified atom stereocenters. The van der Waals surface area contributed by atoms with Gasteiger partial charge in [-0.15, -0.1) is 0 Å². The van der Waals surface area contributed by atoms with E-state index >= 15 is 0 Å². The maximum absolute atomic E-state index is 13.1. The minimum absolute atomic E-state index is 0.0388. The van der Waals surface area contributed by atoms with Crippen LogP contribution in [0.15, 0.2) is 18.3 Å². The van der Waals surface area contributed by atoms with E-state index in [1.54, 1.807) is 12.1 Å². The van der Waals surface area contributed by atoms with E-state index in [0.717, 1.165) is 35.0 Å². The van der Waals surface area contributed by atoms with Crippen molar-refractivity contribution in [3.63, 3.8) is 0 Å². The molecule has 4 heterocycles. The zero-order valence-electron chi connectivity index (χ0n) is 30.5. The Labute approximate surface area is 298 Å². The number of amides is 2. The fraction of sp³-hybridized carbons (Fsp3) is 0.694. The van der Waals surface area contributed by atoms with Gasteiger partial charge in [-0.3, -0.25) is 19.4 Å². The second-order valence-electron chi connectivity index (χ2n) is 15.5. The number of aliphatic carboxylic acids is 1. The van der Waals surface area contributed by atoms with Crippen LogP contribution in [-0.2, 0) is 23.8 Å². The van der Waals surface area contributed by atoms with E-state index in [1.807, 2.05) is 40.8 Å². The number of carboxylic acids is 1. The van der Waals surface area contributed by atoms with Crippen LogP contribution in [0.4, 0.5) is 0 Å². The zero-order valence-corrected chi connectivity index (χ0v) is 30.5. The number of carbonyl (C=O) groups is 3. The molecule has 15 heteroatoms. The van der Waals surface area contributed by atoms with Gasteiger partial charge in [0.05, 0.1) is 49.3 Å². The topological polar surface area (TPSA) is 206 Å². The lowest BCUT2D eigenvalue weighted by atomic mass is 9.81. The number of aryl methyl sites for hydroxylation is 2. The average molecular weight is 718 g/mol. The number of fused-ring (bicyclic) bond motifs is 1. The molecule has 2 amide bonds. The molecule has 1 aromatic carbocycles. The minimum Gasteiger partial charge on any atom is -0.479 e. The van der Waals surface area contributed by atoms with Crippen LogP contribution in [0.2, 0.25) is 0 Å². The summed E-state index contributed by atoms with van der Waals surface area (Å²) in [5, 5.41) is 50.5. The van der Waals surface area contributed by atoms with Crippen LogP contribution >= 0.6 is 0 Å². The van der Waals surface area contributed by atoms with Crippen molar-refractivity contribution in [1.29, 1.82) is 0 Å². The summed E-state index contributed by atoms with van der Waals surface area (Å²) in [6, 6.07) is 2.23. The smallest absolute Gasteiger partial charge is 0.336 e. The molecule has 284 valence electrons. The first-order valence-electron chi connectivity index (χ1n) is 17.7. The number of aliphatic hydroxyl groups is 3. The van der Waals surface area contributed by atoms with Gasteiger partial charge in [0.1, 0.15) is 12.2 Å². The molecule has 51 heavy (non-hydrogen) atoms. The molecule has 15 nitrogen and oxygen atoms in total. The Morgan fingerprint density at radius 1 is 1.16 bits per heavy atom. The number of carboxylic acid groups (broad SMARTS) is 1. The Bertz CT molecular complexity index is 1580. The third kappa shape index (κ3) is 8.74. The maximum Gasteiger partial charge on any atom is 0.336 e. The van der Waals surface area contributed by atoms with Gasteiger partial charge in [-0.1, -0.05) is 0 Å². The maximum atomic E-state index is 13.1. The second-order valence-corrected chi connectivity index (χ2v) is 15.5. The van der Waals surface area contributed by atoms with Crippen molar-refractivity contribution in [2.24, 2.45) is 0 Å². The van der Waals surface area contributed by atoms with Gasteiger partial charge < -0.3 is 50.3 Å². The Morgan fingerprint density at radius 3 is 2.59 bits per heavy atom. The first kappa shape index (κ1) is 39.1. The van der Waals surface area contributed by atoms with E-state index in [9.17, 15) is 34.8 Å². The van der Waals surface area contributed by atoms with Crippen LogP contribution in [0.25, 0.3) is 10.9 Å². The molecular weight excluding hydrogens is 662 g/mol. The summed E-state index contributed by atoms with van der Waals surface area (Å²) < 4.78 is 18.1. The van der Waals surface area contributed by atoms with E-state index in [1.165, 1.54) is 6.92 Å². The first-order chi connectivity index (χ1) is 23.9. The van der Waals surface area contributed by atoms with Gasteiger partial charge in [-0.05, 0) is 64.3 Å². The summed E-state index contributed by atoms with van der Waals surface area (Å²) in [7, 11) is 0. The standard InChI is InChI=1S/C36H55N5O10/c1-21-13-24(14-25-22(2)16-37-28(21)25)32(46)38-17-27(44)30(45)31-29(39-23(3)42)26(43)15-36(51-31,33(47)48)8-10-41-11-12-49-19-35(41)7-9-40(18-35)20-50-34(4,5)6/h13-14,16,26-27,29-31,37,43-45H,7-12,15,17-20H2,1-6H3,(H,38,46)(H,39,42)(H,47,48)/t26-,27+,29+,30+,31+,35-,36+/m0/s1. The predicted octanol–water partition coefficient (Wildman–Crippen LogP) is 0.654. The van der Waals surface area contributed by atoms with E-state index in [0.29, 0.717) is 45.1 Å². The number of morpholine rings is 1. The Morgan fingerprint density at radius 2 is 1.90 bits per heavy atom. The van der Waals surface area contributed by atoms with Crippen molar-refractivity contribution in [2.75, 3.05) is 52.7 Å². The molecule has 2 aromatic rings. The van der Waals surface area contributed by atoms with Gasteiger partial charge in [0.25, 0.3) is 5.91 Å². The van der Waals surface area contributed by atoms with Gasteiger partial charge in [0.2, 0.25) is 5.91 Å². The van der Waals surface area contributed by atoms with Gasteiger partial charge in [-0.25, -0.2) is 4.79 Å². The molecule has 7 N–H and O–H groups in total. The lowest BCUT2D eigenvalue weighted by Gasteiger charge is -2.49. The monoisotopic (exact) mass is 717 g/mol. The molecule has 0 bridgehead atoms. The summed E-state index contributed by atoms with van der Waals surface area (Å²) >= 11 is 0. The van der Waals surface area contributed by atoms with Crippen molar-refractivity contribution >= 4 is 28.7 Å². The molecule has 7 atom stereocenters. The van der Waals surface area contributed by atoms with Crippen molar-refractivity contribution < 1.29 is 49.0 Å². The number of rotatable bonds is 12. The number of aromatic nitrogens is 1. The third-order valence-corrected chi connectivity index (χ3v) is 10.5. The number of likely N-dealkylation sites (tertiary alicyclic amines) is 1. The summed E-state index contributed by atoms with van der Waals surface area (Å²) in [6.45, 7) is 14.4. The lowest BCUT2D eigenvalue weighted by Crippen LogP contribution is -2.68. The number of aliphatic hydroxyl groups excluding tert-OH is 3. The largest absolute Gasteiger partial charge is 0.479 e. The molecule has 3 aliphatic rings. The van der Waals surface area contributed by atoms with Gasteiger partial charge >= 0.3 is 5.97 Å². The molecule has 1 aromatic heterocycles. The summed E-state index contributed by atoms with van der Waals surface area (Å²) in [5.74, 6) is -2.35. The van der Waals surface area contributed by atoms with E-state index < -0.39 is 60.4 Å². The molecule has 1 spiro atoms. The van der Waals surface area contributed by atoms with E-state index in [-0.39, 0.29) is 24.0 Å². The third-order valence-electron chi connectivity index (χ3n) is 10.5. The highest BCUT2D eigenvalue weighted by atomic mass is 16.6. The van der Waals surface area contributed by atoms with Crippen molar-refractivity contribution in [1.82, 2.24) is 25.4 Å². The summed E-state index contributed by atoms with van der Waals surface area (Å²) in [4.78, 5) is 45.9. The fourth-order valence-electron chi connectivity index (χ4n) is 7.63. The molecule has 3 aliphatic heterocycles. The number of nitrogens with zero attached hydrogens (tertiary/aromatic N) is 2. The van der Waals surface area contributed by atoms with Crippen LogP contribution in [0.3, 0.4) is 0 Å². The van der Waals surface area contributed by atoms with Gasteiger partial charge in [0.15, 0.2) is 5.60 Å². The lowest BCUT2D eigenvalue weighted by molar-refractivity contribution is -0.231. The highest BCUT2D eigenvalue weighted by molar-refractivity contribution is 5.99. The number of ether oxygens (including phenoxy) is 3. The Kier molecular flexibility index (Phi) is 11.8. The molecule has 0 aliphatic carbocycles. The number of H-pyrrole nitrogens is 1. The van der Waals surface area contributed by atoms with Crippen molar-refractivity contribution in [3.05, 3.63) is 35.0 Å². The molecule has 5 rings (SSSR count). The summed E-state index contributed by atoms with van der Waals surface area (Å²) in [6.07, 6.45) is -4.10. The van der Waals surface area contributed by atoms with Crippen LogP contribution in [0.1, 0.15) is 68.4 Å². The Balaban J connectivity index is 1.29. The fourth-order valence-corrected chi connectivity index (χ4v) is 7.63. The second kappa shape index (κ2) is 15.4. The predicted molar refractivity (Wildman–Crippen MR) is 187 cm³/mol. The van der Waals surface area contributed by atoms with Gasteiger partial charge in [0, 0.05) is 75.2 Å².